The zero-order valence-electron chi connectivity index (χ0n) is 44.9. The van der Waals surface area contributed by atoms with Crippen LogP contribution >= 0.6 is 0 Å². The molecular weight excluding hydrogens is 841 g/mol. The van der Waals surface area contributed by atoms with Gasteiger partial charge in [-0.15, -0.1) is 0 Å². The number of unbranched alkanes of at least 4 members (excludes halogenated alkanes) is 29. The highest BCUT2D eigenvalue weighted by atomic mass is 16.6. The minimum absolute atomic E-state index is 0.0959. The maximum atomic E-state index is 12.9. The molecule has 0 rings (SSSR count). The van der Waals surface area contributed by atoms with Crippen LogP contribution in [0, 0.1) is 0 Å². The largest absolute Gasteiger partial charge is 0.462 e. The second-order valence-corrected chi connectivity index (χ2v) is 19.2. The summed E-state index contributed by atoms with van der Waals surface area (Å²) in [5.74, 6) is -0.951. The number of ether oxygens (including phenoxy) is 3. The average Bonchev–Trinajstić information content (AvgIpc) is 3.34. The van der Waals surface area contributed by atoms with E-state index in [0.29, 0.717) is 19.3 Å². The van der Waals surface area contributed by atoms with Gasteiger partial charge in [-0.25, -0.2) is 0 Å². The third-order valence-corrected chi connectivity index (χ3v) is 12.4. The van der Waals surface area contributed by atoms with E-state index in [2.05, 4.69) is 93.7 Å². The minimum Gasteiger partial charge on any atom is -0.462 e. The number of hydrogen-bond acceptors (Lipinski definition) is 6. The molecular formula is C62H108O6. The molecule has 0 N–H and O–H groups in total. The lowest BCUT2D eigenvalue weighted by Crippen LogP contribution is -2.30. The average molecular weight is 950 g/mol. The summed E-state index contributed by atoms with van der Waals surface area (Å²) in [6, 6.07) is 0. The maximum absolute atomic E-state index is 12.9. The van der Waals surface area contributed by atoms with Crippen molar-refractivity contribution in [3.63, 3.8) is 0 Å². The number of esters is 3. The summed E-state index contributed by atoms with van der Waals surface area (Å²) in [6.07, 6.45) is 71.8. The Balaban J connectivity index is 4.45. The van der Waals surface area contributed by atoms with Crippen LogP contribution in [-0.4, -0.2) is 37.2 Å². The Labute approximate surface area is 421 Å². The van der Waals surface area contributed by atoms with E-state index < -0.39 is 6.10 Å². The topological polar surface area (TPSA) is 78.9 Å². The van der Waals surface area contributed by atoms with E-state index in [4.69, 9.17) is 14.2 Å². The number of hydrogen-bond donors (Lipinski definition) is 0. The van der Waals surface area contributed by atoms with E-state index in [1.165, 1.54) is 154 Å². The Morgan fingerprint density at radius 1 is 0.309 bits per heavy atom. The first-order chi connectivity index (χ1) is 33.5. The van der Waals surface area contributed by atoms with Crippen LogP contribution in [0.1, 0.15) is 284 Å². The van der Waals surface area contributed by atoms with Crippen LogP contribution in [0.4, 0.5) is 0 Å². The molecule has 0 aromatic rings. The van der Waals surface area contributed by atoms with Crippen molar-refractivity contribution in [2.75, 3.05) is 13.2 Å². The maximum Gasteiger partial charge on any atom is 0.306 e. The Morgan fingerprint density at radius 2 is 0.588 bits per heavy atom. The molecule has 0 radical (unpaired) electrons. The summed E-state index contributed by atoms with van der Waals surface area (Å²) < 4.78 is 16.8. The molecule has 0 spiro atoms. The second kappa shape index (κ2) is 56.4. The molecule has 0 bridgehead atoms. The SMILES string of the molecule is CC/C=C\C/C=C\C/C=C\CCCCCCCCC(=O)OCC(COC(=O)CCC/C=C\C/C=C\C/C=C\CCCCCCCC)OC(=O)CCCCCCCCCCCCCCCCCCC. The van der Waals surface area contributed by atoms with Gasteiger partial charge in [-0.3, -0.25) is 14.4 Å². The van der Waals surface area contributed by atoms with Crippen molar-refractivity contribution < 1.29 is 28.6 Å². The van der Waals surface area contributed by atoms with Gasteiger partial charge in [0.2, 0.25) is 0 Å². The number of carbonyl (C=O) groups is 3. The van der Waals surface area contributed by atoms with Crippen LogP contribution in [0.5, 0.6) is 0 Å². The van der Waals surface area contributed by atoms with Crippen LogP contribution in [0.2, 0.25) is 0 Å². The highest BCUT2D eigenvalue weighted by Crippen LogP contribution is 2.16. The molecule has 6 nitrogen and oxygen atoms in total. The third-order valence-electron chi connectivity index (χ3n) is 12.4. The van der Waals surface area contributed by atoms with E-state index >= 15 is 0 Å². The zero-order valence-corrected chi connectivity index (χ0v) is 44.9. The van der Waals surface area contributed by atoms with Crippen molar-refractivity contribution in [1.29, 1.82) is 0 Å². The van der Waals surface area contributed by atoms with Crippen molar-refractivity contribution in [3.05, 3.63) is 72.9 Å². The molecule has 0 aliphatic carbocycles. The molecule has 0 aromatic heterocycles. The minimum atomic E-state index is -0.800. The fraction of sp³-hybridized carbons (Fsp3) is 0.758. The Hall–Kier alpha value is -3.15. The summed E-state index contributed by atoms with van der Waals surface area (Å²) in [5.41, 5.74) is 0. The molecule has 0 saturated carbocycles. The smallest absolute Gasteiger partial charge is 0.306 e. The molecule has 0 aliphatic heterocycles. The summed E-state index contributed by atoms with van der Waals surface area (Å²) in [6.45, 7) is 6.49. The van der Waals surface area contributed by atoms with Crippen molar-refractivity contribution in [1.82, 2.24) is 0 Å². The fourth-order valence-electron chi connectivity index (χ4n) is 8.12. The first kappa shape index (κ1) is 64.8. The van der Waals surface area contributed by atoms with Crippen LogP contribution in [0.3, 0.4) is 0 Å². The molecule has 0 aromatic carbocycles. The quantitative estimate of drug-likeness (QED) is 0.0262. The van der Waals surface area contributed by atoms with Crippen molar-refractivity contribution >= 4 is 17.9 Å². The normalized spacial score (nSPS) is 12.6. The van der Waals surface area contributed by atoms with Crippen molar-refractivity contribution in [3.8, 4) is 0 Å². The lowest BCUT2D eigenvalue weighted by atomic mass is 10.0. The van der Waals surface area contributed by atoms with Gasteiger partial charge in [0, 0.05) is 19.3 Å². The van der Waals surface area contributed by atoms with Gasteiger partial charge >= 0.3 is 17.9 Å². The first-order valence-corrected chi connectivity index (χ1v) is 28.9. The molecule has 0 heterocycles. The summed E-state index contributed by atoms with van der Waals surface area (Å²) >= 11 is 0. The van der Waals surface area contributed by atoms with Gasteiger partial charge in [0.1, 0.15) is 13.2 Å². The lowest BCUT2D eigenvalue weighted by molar-refractivity contribution is -0.167. The van der Waals surface area contributed by atoms with E-state index in [1.54, 1.807) is 0 Å². The molecule has 0 saturated heterocycles. The van der Waals surface area contributed by atoms with E-state index in [0.717, 1.165) is 83.5 Å². The van der Waals surface area contributed by atoms with Gasteiger partial charge in [-0.1, -0.05) is 254 Å². The van der Waals surface area contributed by atoms with Crippen molar-refractivity contribution in [2.24, 2.45) is 0 Å². The Kier molecular flexibility index (Phi) is 53.8. The number of rotatable bonds is 52. The fourth-order valence-corrected chi connectivity index (χ4v) is 8.12. The molecule has 1 unspecified atom stereocenters. The second-order valence-electron chi connectivity index (χ2n) is 19.2. The molecule has 68 heavy (non-hydrogen) atoms. The van der Waals surface area contributed by atoms with Gasteiger partial charge in [0.15, 0.2) is 6.10 Å². The van der Waals surface area contributed by atoms with E-state index in [-0.39, 0.29) is 37.5 Å². The van der Waals surface area contributed by atoms with Gasteiger partial charge in [0.05, 0.1) is 0 Å². The van der Waals surface area contributed by atoms with E-state index in [1.807, 2.05) is 0 Å². The predicted molar refractivity (Wildman–Crippen MR) is 293 cm³/mol. The standard InChI is InChI=1S/C62H108O6/c1-4-7-10-13-16-19-22-25-28-31-34-37-40-43-46-49-52-55-61(64)67-58-59(57-66-60(63)54-51-48-45-42-39-36-33-30-27-24-21-18-15-12-9-6-3)68-62(65)56-53-50-47-44-41-38-35-32-29-26-23-20-17-14-11-8-5-2/h9,12,18,21,25,27-28,30,34,37,43,46,59H,4-8,10-11,13-17,19-20,22-24,26,29,31-33,35-36,38-42,44-45,47-58H2,1-3H3/b12-9-,21-18-,28-25-,30-27-,37-34-,46-43-. The summed E-state index contributed by atoms with van der Waals surface area (Å²) in [5, 5.41) is 0. The molecule has 1 atom stereocenters. The summed E-state index contributed by atoms with van der Waals surface area (Å²) in [7, 11) is 0. The summed E-state index contributed by atoms with van der Waals surface area (Å²) in [4.78, 5) is 38.1. The molecule has 6 heteroatoms. The molecule has 0 fully saturated rings. The first-order valence-electron chi connectivity index (χ1n) is 28.9. The van der Waals surface area contributed by atoms with Crippen LogP contribution < -0.4 is 0 Å². The van der Waals surface area contributed by atoms with E-state index in [9.17, 15) is 14.4 Å². The van der Waals surface area contributed by atoms with Crippen LogP contribution in [-0.2, 0) is 28.6 Å². The van der Waals surface area contributed by atoms with Crippen molar-refractivity contribution in [2.45, 2.75) is 290 Å². The Morgan fingerprint density at radius 3 is 0.956 bits per heavy atom. The zero-order chi connectivity index (χ0) is 49.3. The highest BCUT2D eigenvalue weighted by Gasteiger charge is 2.19. The molecule has 0 aliphatic rings. The van der Waals surface area contributed by atoms with Crippen LogP contribution in [0.15, 0.2) is 72.9 Å². The lowest BCUT2D eigenvalue weighted by Gasteiger charge is -2.18. The monoisotopic (exact) mass is 949 g/mol. The predicted octanol–water partition coefficient (Wildman–Crippen LogP) is 19.4. The Bertz CT molecular complexity index is 1270. The highest BCUT2D eigenvalue weighted by molar-refractivity contribution is 5.71. The molecule has 392 valence electrons. The van der Waals surface area contributed by atoms with Gasteiger partial charge in [0.25, 0.3) is 0 Å². The van der Waals surface area contributed by atoms with Gasteiger partial charge in [-0.05, 0) is 83.5 Å². The number of carbonyl (C=O) groups excluding carboxylic acids is 3. The number of allylic oxidation sites excluding steroid dienone is 12. The molecule has 0 amide bonds. The van der Waals surface area contributed by atoms with Gasteiger partial charge in [-0.2, -0.15) is 0 Å². The van der Waals surface area contributed by atoms with Crippen LogP contribution in [0.25, 0.3) is 0 Å². The van der Waals surface area contributed by atoms with Gasteiger partial charge < -0.3 is 14.2 Å². The third kappa shape index (κ3) is 53.8.